The predicted molar refractivity (Wildman–Crippen MR) is 72.2 cm³/mol. The summed E-state index contributed by atoms with van der Waals surface area (Å²) in [5.74, 6) is -0.936. The lowest BCUT2D eigenvalue weighted by Gasteiger charge is -2.22. The monoisotopic (exact) mass is 254 g/mol. The van der Waals surface area contributed by atoms with E-state index in [2.05, 4.69) is 17.6 Å². The molecule has 0 aromatic rings. The zero-order chi connectivity index (χ0) is 13.2. The number of hydrogen-bond acceptors (Lipinski definition) is 2. The van der Waals surface area contributed by atoms with Crippen LogP contribution in [-0.2, 0) is 9.59 Å². The van der Waals surface area contributed by atoms with Crippen molar-refractivity contribution in [3.63, 3.8) is 0 Å². The van der Waals surface area contributed by atoms with Crippen LogP contribution in [0.1, 0.15) is 64.7 Å². The fourth-order valence-electron chi connectivity index (χ4n) is 2.33. The maximum absolute atomic E-state index is 11.6. The summed E-state index contributed by atoms with van der Waals surface area (Å²) in [5.41, 5.74) is 0. The smallest absolute Gasteiger partial charge is 0.309 e. The third-order valence-corrected chi connectivity index (χ3v) is 3.46. The van der Waals surface area contributed by atoms with Gasteiger partial charge in [0.2, 0.25) is 0 Å². The van der Waals surface area contributed by atoms with E-state index in [0.717, 1.165) is 38.5 Å². The summed E-state index contributed by atoms with van der Waals surface area (Å²) in [6.07, 6.45) is 10.0. The second-order valence-electron chi connectivity index (χ2n) is 5.12. The number of carbonyl (C=O) groups is 2. The molecule has 4 heteroatoms. The second kappa shape index (κ2) is 8.95. The first-order valence-corrected chi connectivity index (χ1v) is 7.32. The van der Waals surface area contributed by atoms with Crippen LogP contribution in [-0.4, -0.2) is 24.4 Å². The fraction of sp³-hybridized carbons (Fsp3) is 0.857. The highest BCUT2D eigenvalue weighted by atomic mass is 16.2. The van der Waals surface area contributed by atoms with Crippen LogP contribution in [0, 0.1) is 0 Å². The molecule has 0 saturated heterocycles. The van der Waals surface area contributed by atoms with Crippen LogP contribution >= 0.6 is 0 Å². The van der Waals surface area contributed by atoms with Crippen molar-refractivity contribution in [1.82, 2.24) is 10.6 Å². The van der Waals surface area contributed by atoms with E-state index in [0.29, 0.717) is 6.54 Å². The van der Waals surface area contributed by atoms with Gasteiger partial charge in [0, 0.05) is 12.6 Å². The van der Waals surface area contributed by atoms with Gasteiger partial charge < -0.3 is 10.6 Å². The maximum Gasteiger partial charge on any atom is 0.309 e. The Balaban J connectivity index is 2.10. The van der Waals surface area contributed by atoms with Gasteiger partial charge in [0.25, 0.3) is 0 Å². The molecule has 1 aliphatic carbocycles. The minimum atomic E-state index is -0.475. The number of carbonyl (C=O) groups excluding carboxylic acids is 2. The molecular weight excluding hydrogens is 228 g/mol. The molecule has 0 aromatic carbocycles. The van der Waals surface area contributed by atoms with E-state index in [9.17, 15) is 9.59 Å². The van der Waals surface area contributed by atoms with Crippen molar-refractivity contribution in [3.05, 3.63) is 0 Å². The lowest BCUT2D eigenvalue weighted by atomic mass is 9.95. The summed E-state index contributed by atoms with van der Waals surface area (Å²) in [6, 6.07) is 0.206. The Morgan fingerprint density at radius 2 is 1.72 bits per heavy atom. The van der Waals surface area contributed by atoms with Crippen LogP contribution in [0.5, 0.6) is 0 Å². The van der Waals surface area contributed by atoms with E-state index in [1.807, 2.05) is 0 Å². The van der Waals surface area contributed by atoms with E-state index >= 15 is 0 Å². The second-order valence-corrected chi connectivity index (χ2v) is 5.12. The average Bonchev–Trinajstić information content (AvgIpc) is 2.39. The standard InChI is InChI=1S/C14H26N2O2/c1-2-3-4-8-11-15-13(17)14(18)16-12-9-6-5-7-10-12/h12H,2-11H2,1H3,(H,15,17)(H,16,18). The lowest BCUT2D eigenvalue weighted by Crippen LogP contribution is -2.45. The minimum Gasteiger partial charge on any atom is -0.348 e. The lowest BCUT2D eigenvalue weighted by molar-refractivity contribution is -0.139. The predicted octanol–water partition coefficient (Wildman–Crippen LogP) is 2.13. The highest BCUT2D eigenvalue weighted by Crippen LogP contribution is 2.17. The molecule has 1 aliphatic rings. The molecule has 1 fully saturated rings. The molecule has 104 valence electrons. The minimum absolute atomic E-state index is 0.206. The van der Waals surface area contributed by atoms with Gasteiger partial charge in [-0.15, -0.1) is 0 Å². The number of unbranched alkanes of at least 4 members (excludes halogenated alkanes) is 3. The van der Waals surface area contributed by atoms with Crippen molar-refractivity contribution >= 4 is 11.8 Å². The van der Waals surface area contributed by atoms with Crippen molar-refractivity contribution in [1.29, 1.82) is 0 Å². The number of amides is 2. The van der Waals surface area contributed by atoms with Gasteiger partial charge in [-0.3, -0.25) is 9.59 Å². The zero-order valence-corrected chi connectivity index (χ0v) is 11.5. The molecule has 1 saturated carbocycles. The highest BCUT2D eigenvalue weighted by molar-refractivity contribution is 6.35. The fourth-order valence-corrected chi connectivity index (χ4v) is 2.33. The van der Waals surface area contributed by atoms with E-state index in [4.69, 9.17) is 0 Å². The van der Waals surface area contributed by atoms with Crippen molar-refractivity contribution in [2.24, 2.45) is 0 Å². The van der Waals surface area contributed by atoms with Gasteiger partial charge in [-0.1, -0.05) is 45.4 Å². The number of nitrogens with one attached hydrogen (secondary N) is 2. The SMILES string of the molecule is CCCCCCNC(=O)C(=O)NC1CCCCC1. The molecule has 0 bridgehead atoms. The summed E-state index contributed by atoms with van der Waals surface area (Å²) in [4.78, 5) is 23.1. The normalized spacial score (nSPS) is 16.3. The van der Waals surface area contributed by atoms with Crippen LogP contribution < -0.4 is 10.6 Å². The first-order valence-electron chi connectivity index (χ1n) is 7.32. The largest absolute Gasteiger partial charge is 0.348 e. The van der Waals surface area contributed by atoms with Crippen LogP contribution in [0.2, 0.25) is 0 Å². The summed E-state index contributed by atoms with van der Waals surface area (Å²) in [5, 5.41) is 5.50. The van der Waals surface area contributed by atoms with E-state index in [-0.39, 0.29) is 6.04 Å². The highest BCUT2D eigenvalue weighted by Gasteiger charge is 2.19. The van der Waals surface area contributed by atoms with Crippen molar-refractivity contribution in [3.8, 4) is 0 Å². The van der Waals surface area contributed by atoms with E-state index < -0.39 is 11.8 Å². The zero-order valence-electron chi connectivity index (χ0n) is 11.5. The molecule has 18 heavy (non-hydrogen) atoms. The summed E-state index contributed by atoms with van der Waals surface area (Å²) in [6.45, 7) is 2.76. The van der Waals surface area contributed by atoms with Crippen LogP contribution in [0.4, 0.5) is 0 Å². The molecular formula is C14H26N2O2. The Bertz CT molecular complexity index is 261. The van der Waals surface area contributed by atoms with Crippen LogP contribution in [0.15, 0.2) is 0 Å². The van der Waals surface area contributed by atoms with Crippen molar-refractivity contribution in [2.75, 3.05) is 6.54 Å². The van der Waals surface area contributed by atoms with Gasteiger partial charge in [-0.2, -0.15) is 0 Å². The third-order valence-electron chi connectivity index (χ3n) is 3.46. The molecule has 0 aliphatic heterocycles. The molecule has 0 radical (unpaired) electrons. The average molecular weight is 254 g/mol. The Hall–Kier alpha value is -1.06. The third kappa shape index (κ3) is 6.03. The Labute approximate surface area is 110 Å². The molecule has 1 rings (SSSR count). The maximum atomic E-state index is 11.6. The van der Waals surface area contributed by atoms with Gasteiger partial charge in [-0.25, -0.2) is 0 Å². The van der Waals surface area contributed by atoms with Crippen molar-refractivity contribution < 1.29 is 9.59 Å². The molecule has 0 spiro atoms. The molecule has 0 aromatic heterocycles. The molecule has 0 heterocycles. The Morgan fingerprint density at radius 1 is 1.00 bits per heavy atom. The summed E-state index contributed by atoms with van der Waals surface area (Å²) in [7, 11) is 0. The number of rotatable bonds is 6. The van der Waals surface area contributed by atoms with Crippen molar-refractivity contribution in [2.45, 2.75) is 70.8 Å². The van der Waals surface area contributed by atoms with E-state index in [1.165, 1.54) is 19.3 Å². The first kappa shape index (κ1) is 15.0. The van der Waals surface area contributed by atoms with Gasteiger partial charge >= 0.3 is 11.8 Å². The molecule has 0 atom stereocenters. The van der Waals surface area contributed by atoms with Gasteiger partial charge in [0.15, 0.2) is 0 Å². The molecule has 2 N–H and O–H groups in total. The van der Waals surface area contributed by atoms with E-state index in [1.54, 1.807) is 0 Å². The van der Waals surface area contributed by atoms with Crippen LogP contribution in [0.3, 0.4) is 0 Å². The topological polar surface area (TPSA) is 58.2 Å². The Morgan fingerprint density at radius 3 is 2.39 bits per heavy atom. The number of hydrogen-bond donors (Lipinski definition) is 2. The Kier molecular flexibility index (Phi) is 7.46. The van der Waals surface area contributed by atoms with Crippen LogP contribution in [0.25, 0.3) is 0 Å². The van der Waals surface area contributed by atoms with Gasteiger partial charge in [0.1, 0.15) is 0 Å². The quantitative estimate of drug-likeness (QED) is 0.563. The van der Waals surface area contributed by atoms with Gasteiger partial charge in [-0.05, 0) is 19.3 Å². The van der Waals surface area contributed by atoms with Gasteiger partial charge in [0.05, 0.1) is 0 Å². The molecule has 0 unspecified atom stereocenters. The molecule has 4 nitrogen and oxygen atoms in total. The molecule has 2 amide bonds. The first-order chi connectivity index (χ1) is 8.74. The summed E-state index contributed by atoms with van der Waals surface area (Å²) >= 11 is 0. The summed E-state index contributed by atoms with van der Waals surface area (Å²) < 4.78 is 0.